The number of hydrogen-bond acceptors (Lipinski definition) is 4. The molecule has 2 aromatic heterocycles. The number of nitrogens with one attached hydrogen (secondary N) is 1. The van der Waals surface area contributed by atoms with Gasteiger partial charge in [-0.15, -0.1) is 0 Å². The second-order valence-corrected chi connectivity index (χ2v) is 7.25. The topological polar surface area (TPSA) is 81.8 Å². The van der Waals surface area contributed by atoms with Crippen molar-refractivity contribution in [1.82, 2.24) is 19.3 Å². The second kappa shape index (κ2) is 7.90. The van der Waals surface area contributed by atoms with E-state index in [1.165, 1.54) is 40.9 Å². The Hall–Kier alpha value is -3.81. The SMILES string of the molecule is CC(C)c1ccc(-n2ncc3c(=O)n(CC(=O)Nc4ccccc4F)cnc32)cc1. The molecule has 0 saturated carbocycles. The van der Waals surface area contributed by atoms with E-state index in [2.05, 4.69) is 29.2 Å². The Morgan fingerprint density at radius 3 is 2.57 bits per heavy atom. The van der Waals surface area contributed by atoms with E-state index < -0.39 is 17.3 Å². The van der Waals surface area contributed by atoms with E-state index in [4.69, 9.17) is 0 Å². The number of hydrogen-bond donors (Lipinski definition) is 1. The van der Waals surface area contributed by atoms with Crippen LogP contribution in [0.4, 0.5) is 10.1 Å². The third-order valence-electron chi connectivity index (χ3n) is 4.82. The van der Waals surface area contributed by atoms with Crippen molar-refractivity contribution in [2.75, 3.05) is 5.32 Å². The van der Waals surface area contributed by atoms with Crippen LogP contribution in [0, 0.1) is 5.82 Å². The van der Waals surface area contributed by atoms with Crippen LogP contribution in [0.25, 0.3) is 16.7 Å². The quantitative estimate of drug-likeness (QED) is 0.551. The normalized spacial score (nSPS) is 11.2. The van der Waals surface area contributed by atoms with Crippen LogP contribution in [0.2, 0.25) is 0 Å². The van der Waals surface area contributed by atoms with Crippen LogP contribution < -0.4 is 10.9 Å². The molecule has 0 fully saturated rings. The van der Waals surface area contributed by atoms with Gasteiger partial charge >= 0.3 is 0 Å². The molecular weight excluding hydrogens is 385 g/mol. The fraction of sp³-hybridized carbons (Fsp3) is 0.182. The highest BCUT2D eigenvalue weighted by molar-refractivity contribution is 5.90. The summed E-state index contributed by atoms with van der Waals surface area (Å²) >= 11 is 0. The zero-order valence-electron chi connectivity index (χ0n) is 16.5. The van der Waals surface area contributed by atoms with Gasteiger partial charge in [0.15, 0.2) is 5.65 Å². The molecule has 7 nitrogen and oxygen atoms in total. The van der Waals surface area contributed by atoms with Gasteiger partial charge in [0, 0.05) is 0 Å². The van der Waals surface area contributed by atoms with E-state index in [1.54, 1.807) is 10.7 Å². The van der Waals surface area contributed by atoms with Crippen LogP contribution in [0.3, 0.4) is 0 Å². The molecule has 2 heterocycles. The first-order valence-electron chi connectivity index (χ1n) is 9.52. The molecule has 0 bridgehead atoms. The first-order chi connectivity index (χ1) is 14.4. The summed E-state index contributed by atoms with van der Waals surface area (Å²) in [5, 5.41) is 7.04. The Bertz CT molecular complexity index is 1270. The molecule has 30 heavy (non-hydrogen) atoms. The minimum Gasteiger partial charge on any atom is -0.322 e. The van der Waals surface area contributed by atoms with Gasteiger partial charge in [-0.1, -0.05) is 38.1 Å². The number of fused-ring (bicyclic) bond motifs is 1. The van der Waals surface area contributed by atoms with Crippen LogP contribution in [-0.2, 0) is 11.3 Å². The Morgan fingerprint density at radius 1 is 1.13 bits per heavy atom. The molecule has 1 amide bonds. The van der Waals surface area contributed by atoms with Crippen LogP contribution in [0.1, 0.15) is 25.3 Å². The van der Waals surface area contributed by atoms with Gasteiger partial charge in [-0.05, 0) is 35.7 Å². The summed E-state index contributed by atoms with van der Waals surface area (Å²) < 4.78 is 16.5. The molecule has 0 aliphatic heterocycles. The standard InChI is InChI=1S/C22H20FN5O2/c1-14(2)15-7-9-16(10-8-15)28-21-17(11-25-28)22(30)27(13-24-21)12-20(29)26-19-6-4-3-5-18(19)23/h3-11,13-14H,12H2,1-2H3,(H,26,29). The molecule has 0 spiro atoms. The number of amides is 1. The highest BCUT2D eigenvalue weighted by Crippen LogP contribution is 2.19. The van der Waals surface area contributed by atoms with Gasteiger partial charge in [0.05, 0.1) is 17.6 Å². The summed E-state index contributed by atoms with van der Waals surface area (Å²) in [4.78, 5) is 29.4. The zero-order valence-corrected chi connectivity index (χ0v) is 16.5. The average molecular weight is 405 g/mol. The van der Waals surface area contributed by atoms with Crippen LogP contribution >= 0.6 is 0 Å². The van der Waals surface area contributed by atoms with Crippen molar-refractivity contribution in [2.24, 2.45) is 0 Å². The molecular formula is C22H20FN5O2. The predicted octanol–water partition coefficient (Wildman–Crippen LogP) is 3.48. The molecule has 0 saturated heterocycles. The molecule has 0 unspecified atom stereocenters. The number of nitrogens with zero attached hydrogens (tertiary/aromatic N) is 4. The summed E-state index contributed by atoms with van der Waals surface area (Å²) in [6.45, 7) is 3.94. The lowest BCUT2D eigenvalue weighted by atomic mass is 10.0. The Morgan fingerprint density at radius 2 is 1.87 bits per heavy atom. The first-order valence-corrected chi connectivity index (χ1v) is 9.52. The van der Waals surface area contributed by atoms with E-state index in [9.17, 15) is 14.0 Å². The number of anilines is 1. The molecule has 2 aromatic carbocycles. The number of para-hydroxylation sites is 1. The maximum Gasteiger partial charge on any atom is 0.264 e. The van der Waals surface area contributed by atoms with Crippen molar-refractivity contribution < 1.29 is 9.18 Å². The lowest BCUT2D eigenvalue weighted by molar-refractivity contribution is -0.116. The van der Waals surface area contributed by atoms with Crippen molar-refractivity contribution in [3.63, 3.8) is 0 Å². The van der Waals surface area contributed by atoms with Crippen molar-refractivity contribution in [1.29, 1.82) is 0 Å². The molecule has 1 N–H and O–H groups in total. The van der Waals surface area contributed by atoms with Gasteiger partial charge in [0.2, 0.25) is 5.91 Å². The van der Waals surface area contributed by atoms with Gasteiger partial charge in [-0.3, -0.25) is 14.2 Å². The van der Waals surface area contributed by atoms with Gasteiger partial charge in [0.25, 0.3) is 5.56 Å². The summed E-state index contributed by atoms with van der Waals surface area (Å²) in [5.74, 6) is -0.661. The fourth-order valence-corrected chi connectivity index (χ4v) is 3.16. The van der Waals surface area contributed by atoms with Gasteiger partial charge in [0.1, 0.15) is 24.1 Å². The second-order valence-electron chi connectivity index (χ2n) is 7.25. The van der Waals surface area contributed by atoms with Crippen LogP contribution in [0.5, 0.6) is 0 Å². The fourth-order valence-electron chi connectivity index (χ4n) is 3.16. The predicted molar refractivity (Wildman–Crippen MR) is 112 cm³/mol. The number of rotatable bonds is 5. The third-order valence-corrected chi connectivity index (χ3v) is 4.82. The number of carbonyl (C=O) groups is 1. The highest BCUT2D eigenvalue weighted by Gasteiger charge is 2.14. The number of aromatic nitrogens is 4. The van der Waals surface area contributed by atoms with Gasteiger partial charge in [-0.25, -0.2) is 14.1 Å². The molecule has 0 radical (unpaired) electrons. The van der Waals surface area contributed by atoms with Crippen molar-refractivity contribution in [2.45, 2.75) is 26.3 Å². The average Bonchev–Trinajstić information content (AvgIpc) is 3.17. The largest absolute Gasteiger partial charge is 0.322 e. The molecule has 4 rings (SSSR count). The minimum atomic E-state index is -0.545. The minimum absolute atomic E-state index is 0.0576. The van der Waals surface area contributed by atoms with E-state index in [0.29, 0.717) is 17.0 Å². The maximum atomic E-state index is 13.7. The van der Waals surface area contributed by atoms with Crippen molar-refractivity contribution in [3.05, 3.63) is 82.8 Å². The highest BCUT2D eigenvalue weighted by atomic mass is 19.1. The molecule has 4 aromatic rings. The molecule has 152 valence electrons. The van der Waals surface area contributed by atoms with Crippen molar-refractivity contribution >= 4 is 22.6 Å². The third kappa shape index (κ3) is 3.71. The Labute approximate surface area is 171 Å². The lowest BCUT2D eigenvalue weighted by Gasteiger charge is -2.09. The van der Waals surface area contributed by atoms with Gasteiger partial charge < -0.3 is 5.32 Å². The summed E-state index contributed by atoms with van der Waals surface area (Å²) in [7, 11) is 0. The summed E-state index contributed by atoms with van der Waals surface area (Å²) in [6, 6.07) is 13.7. The smallest absolute Gasteiger partial charge is 0.264 e. The Balaban J connectivity index is 1.60. The number of halogens is 1. The maximum absolute atomic E-state index is 13.7. The van der Waals surface area contributed by atoms with Crippen LogP contribution in [-0.4, -0.2) is 25.2 Å². The first kappa shape index (κ1) is 19.5. The summed E-state index contributed by atoms with van der Waals surface area (Å²) in [6.07, 6.45) is 2.73. The molecule has 0 aliphatic rings. The Kier molecular flexibility index (Phi) is 5.14. The zero-order chi connectivity index (χ0) is 21.3. The summed E-state index contributed by atoms with van der Waals surface area (Å²) in [5.41, 5.74) is 2.06. The van der Waals surface area contributed by atoms with Gasteiger partial charge in [-0.2, -0.15) is 5.10 Å². The molecule has 0 atom stereocenters. The van der Waals surface area contributed by atoms with Crippen molar-refractivity contribution in [3.8, 4) is 5.69 Å². The van der Waals surface area contributed by atoms with E-state index in [-0.39, 0.29) is 12.2 Å². The molecule has 8 heteroatoms. The van der Waals surface area contributed by atoms with Crippen LogP contribution in [0.15, 0.2) is 65.8 Å². The monoisotopic (exact) mass is 405 g/mol. The van der Waals surface area contributed by atoms with E-state index >= 15 is 0 Å². The lowest BCUT2D eigenvalue weighted by Crippen LogP contribution is -2.28. The molecule has 0 aliphatic carbocycles. The van der Waals surface area contributed by atoms with E-state index in [0.717, 1.165) is 5.69 Å². The number of carbonyl (C=O) groups excluding carboxylic acids is 1. The van der Waals surface area contributed by atoms with E-state index in [1.807, 2.05) is 24.3 Å². The number of benzene rings is 2.